The van der Waals surface area contributed by atoms with Gasteiger partial charge in [-0.3, -0.25) is 4.79 Å². The lowest BCUT2D eigenvalue weighted by molar-refractivity contribution is -0.123. The molecule has 3 rings (SSSR count). The minimum absolute atomic E-state index is 0.0725. The highest BCUT2D eigenvalue weighted by atomic mass is 16.4. The number of amides is 1. The third-order valence-corrected chi connectivity index (χ3v) is 4.43. The average Bonchev–Trinajstić information content (AvgIpc) is 3.06. The van der Waals surface area contributed by atoms with Crippen LogP contribution in [0.15, 0.2) is 34.7 Å². The van der Waals surface area contributed by atoms with Crippen LogP contribution in [0.1, 0.15) is 44.5 Å². The Bertz CT molecular complexity index is 656. The Balaban J connectivity index is 1.70. The van der Waals surface area contributed by atoms with Gasteiger partial charge in [-0.15, -0.1) is 10.2 Å². The molecule has 0 spiro atoms. The number of rotatable bonds is 5. The van der Waals surface area contributed by atoms with Gasteiger partial charge in [0.1, 0.15) is 0 Å². The maximum absolute atomic E-state index is 11.6. The Morgan fingerprint density at radius 1 is 1.26 bits per heavy atom. The molecule has 1 aromatic heterocycles. The van der Waals surface area contributed by atoms with E-state index in [9.17, 15) is 4.79 Å². The zero-order valence-electron chi connectivity index (χ0n) is 13.2. The third-order valence-electron chi connectivity index (χ3n) is 4.43. The molecule has 1 fully saturated rings. The van der Waals surface area contributed by atoms with Gasteiger partial charge in [0.15, 0.2) is 0 Å². The van der Waals surface area contributed by atoms with E-state index < -0.39 is 0 Å². The lowest BCUT2D eigenvalue weighted by Gasteiger charge is -2.31. The second-order valence-corrected chi connectivity index (χ2v) is 6.10. The third kappa shape index (κ3) is 3.59. The van der Waals surface area contributed by atoms with E-state index in [1.807, 2.05) is 37.3 Å². The van der Waals surface area contributed by atoms with Crippen LogP contribution in [0.4, 0.5) is 0 Å². The summed E-state index contributed by atoms with van der Waals surface area (Å²) in [7, 11) is 0. The molecule has 1 aliphatic carbocycles. The molecule has 1 aliphatic rings. The van der Waals surface area contributed by atoms with E-state index >= 15 is 0 Å². The molecule has 0 aliphatic heterocycles. The van der Waals surface area contributed by atoms with Crippen molar-refractivity contribution in [2.45, 2.75) is 44.7 Å². The van der Waals surface area contributed by atoms with E-state index in [2.05, 4.69) is 15.5 Å². The minimum Gasteiger partial charge on any atom is -0.419 e. The topological polar surface area (TPSA) is 94.0 Å². The van der Waals surface area contributed by atoms with Crippen LogP contribution < -0.4 is 11.1 Å². The first-order valence-corrected chi connectivity index (χ1v) is 8.09. The van der Waals surface area contributed by atoms with E-state index in [-0.39, 0.29) is 23.9 Å². The molecule has 0 saturated heterocycles. The van der Waals surface area contributed by atoms with Gasteiger partial charge < -0.3 is 15.5 Å². The van der Waals surface area contributed by atoms with Crippen molar-refractivity contribution in [3.05, 3.63) is 36.2 Å². The Kier molecular flexibility index (Phi) is 4.71. The van der Waals surface area contributed by atoms with Gasteiger partial charge in [0.2, 0.25) is 17.7 Å². The van der Waals surface area contributed by atoms with Gasteiger partial charge in [0.25, 0.3) is 0 Å². The summed E-state index contributed by atoms with van der Waals surface area (Å²) < 4.78 is 5.77. The van der Waals surface area contributed by atoms with Gasteiger partial charge >= 0.3 is 0 Å². The van der Waals surface area contributed by atoms with Gasteiger partial charge in [0, 0.05) is 11.6 Å². The van der Waals surface area contributed by atoms with Crippen LogP contribution in [-0.2, 0) is 4.79 Å². The molecule has 0 bridgehead atoms. The molecule has 122 valence electrons. The number of benzene rings is 1. The first kappa shape index (κ1) is 15.7. The summed E-state index contributed by atoms with van der Waals surface area (Å²) in [5, 5.41) is 11.7. The van der Waals surface area contributed by atoms with Gasteiger partial charge in [-0.2, -0.15) is 0 Å². The Morgan fingerprint density at radius 2 is 2.00 bits per heavy atom. The molecular formula is C17H22N4O2. The molecule has 0 unspecified atom stereocenters. The number of carbonyl (C=O) groups excluding carboxylic acids is 1. The number of hydrogen-bond donors (Lipinski definition) is 2. The van der Waals surface area contributed by atoms with Crippen LogP contribution in [0.3, 0.4) is 0 Å². The fraction of sp³-hybridized carbons (Fsp3) is 0.471. The van der Waals surface area contributed by atoms with Crippen LogP contribution in [0.25, 0.3) is 11.5 Å². The molecule has 2 aromatic rings. The number of nitrogens with zero attached hydrogens (tertiary/aromatic N) is 2. The maximum atomic E-state index is 11.6. The minimum atomic E-state index is -0.232. The number of carbonyl (C=O) groups is 1. The Labute approximate surface area is 135 Å². The predicted octanol–water partition coefficient (Wildman–Crippen LogP) is 2.43. The fourth-order valence-corrected chi connectivity index (χ4v) is 3.17. The second kappa shape index (κ2) is 6.91. The van der Waals surface area contributed by atoms with Gasteiger partial charge in [-0.25, -0.2) is 0 Å². The number of hydrogen-bond acceptors (Lipinski definition) is 5. The van der Waals surface area contributed by atoms with Crippen LogP contribution in [-0.4, -0.2) is 22.1 Å². The van der Waals surface area contributed by atoms with Crippen molar-refractivity contribution in [1.29, 1.82) is 0 Å². The highest BCUT2D eigenvalue weighted by Crippen LogP contribution is 2.27. The fourth-order valence-electron chi connectivity index (χ4n) is 3.17. The van der Waals surface area contributed by atoms with Crippen molar-refractivity contribution >= 4 is 5.91 Å². The van der Waals surface area contributed by atoms with Crippen LogP contribution >= 0.6 is 0 Å². The number of nitrogens with two attached hydrogens (primary N) is 1. The lowest BCUT2D eigenvalue weighted by Crippen LogP contribution is -2.45. The number of primary amides is 1. The average molecular weight is 314 g/mol. The van der Waals surface area contributed by atoms with Gasteiger partial charge in [-0.05, 0) is 31.9 Å². The number of aromatic nitrogens is 2. The van der Waals surface area contributed by atoms with Gasteiger partial charge in [-0.1, -0.05) is 31.0 Å². The quantitative estimate of drug-likeness (QED) is 0.884. The molecule has 1 aromatic carbocycles. The summed E-state index contributed by atoms with van der Waals surface area (Å²) >= 11 is 0. The van der Waals surface area contributed by atoms with Crippen molar-refractivity contribution in [3.8, 4) is 11.5 Å². The van der Waals surface area contributed by atoms with E-state index in [0.717, 1.165) is 31.2 Å². The predicted molar refractivity (Wildman–Crippen MR) is 86.2 cm³/mol. The Morgan fingerprint density at radius 3 is 2.74 bits per heavy atom. The molecular weight excluding hydrogens is 292 g/mol. The SMILES string of the molecule is C[C@H](N[C@@H]1CCCC[C@H]1C(N)=O)c1nnc(-c2ccccc2)o1. The molecule has 6 heteroatoms. The molecule has 3 N–H and O–H groups in total. The van der Waals surface area contributed by atoms with Crippen molar-refractivity contribution in [1.82, 2.24) is 15.5 Å². The summed E-state index contributed by atoms with van der Waals surface area (Å²) in [6.45, 7) is 1.97. The lowest BCUT2D eigenvalue weighted by atomic mass is 9.83. The standard InChI is InChI=1S/C17H22N4O2/c1-11(19-14-10-6-5-9-13(14)15(18)22)16-20-21-17(23-16)12-7-3-2-4-8-12/h2-4,7-8,11,13-14,19H,5-6,9-10H2,1H3,(H2,18,22)/t11-,13+,14+/m0/s1. The molecule has 1 saturated carbocycles. The molecule has 23 heavy (non-hydrogen) atoms. The summed E-state index contributed by atoms with van der Waals surface area (Å²) in [6.07, 6.45) is 3.95. The van der Waals surface area contributed by atoms with Crippen molar-refractivity contribution in [2.75, 3.05) is 0 Å². The van der Waals surface area contributed by atoms with E-state index in [1.165, 1.54) is 0 Å². The highest BCUT2D eigenvalue weighted by molar-refractivity contribution is 5.77. The molecule has 0 radical (unpaired) electrons. The highest BCUT2D eigenvalue weighted by Gasteiger charge is 2.31. The zero-order chi connectivity index (χ0) is 16.2. The van der Waals surface area contributed by atoms with Crippen molar-refractivity contribution in [3.63, 3.8) is 0 Å². The molecule has 1 heterocycles. The monoisotopic (exact) mass is 314 g/mol. The molecule has 6 nitrogen and oxygen atoms in total. The van der Waals surface area contributed by atoms with Crippen molar-refractivity contribution in [2.24, 2.45) is 11.7 Å². The first-order chi connectivity index (χ1) is 11.1. The van der Waals surface area contributed by atoms with E-state index in [0.29, 0.717) is 11.8 Å². The maximum Gasteiger partial charge on any atom is 0.247 e. The summed E-state index contributed by atoms with van der Waals surface area (Å²) in [6, 6.07) is 9.62. The van der Waals surface area contributed by atoms with Crippen LogP contribution in [0.2, 0.25) is 0 Å². The zero-order valence-corrected chi connectivity index (χ0v) is 13.2. The Hall–Kier alpha value is -2.21. The molecule has 1 amide bonds. The normalized spacial score (nSPS) is 22.7. The van der Waals surface area contributed by atoms with Gasteiger partial charge in [0.05, 0.1) is 12.0 Å². The summed E-state index contributed by atoms with van der Waals surface area (Å²) in [5.74, 6) is 0.676. The largest absolute Gasteiger partial charge is 0.419 e. The van der Waals surface area contributed by atoms with E-state index in [4.69, 9.17) is 10.2 Å². The smallest absolute Gasteiger partial charge is 0.247 e. The van der Waals surface area contributed by atoms with Crippen LogP contribution in [0, 0.1) is 5.92 Å². The van der Waals surface area contributed by atoms with Crippen LogP contribution in [0.5, 0.6) is 0 Å². The summed E-state index contributed by atoms with van der Waals surface area (Å²) in [5.41, 5.74) is 6.42. The molecule has 3 atom stereocenters. The van der Waals surface area contributed by atoms with Crippen molar-refractivity contribution < 1.29 is 9.21 Å². The second-order valence-electron chi connectivity index (χ2n) is 6.10. The number of nitrogens with one attached hydrogen (secondary N) is 1. The summed E-state index contributed by atoms with van der Waals surface area (Å²) in [4.78, 5) is 11.6. The first-order valence-electron chi connectivity index (χ1n) is 8.09. The van der Waals surface area contributed by atoms with E-state index in [1.54, 1.807) is 0 Å².